The molecule has 0 aliphatic heterocycles. The van der Waals surface area contributed by atoms with Gasteiger partial charge in [0.2, 0.25) is 0 Å². The van der Waals surface area contributed by atoms with Crippen LogP contribution in [0, 0.1) is 0 Å². The Kier molecular flexibility index (Phi) is 5.35. The van der Waals surface area contributed by atoms with E-state index in [1.54, 1.807) is 41.1 Å². The smallest absolute Gasteiger partial charge is 0.319 e. The number of carbonyl (C=O) groups is 2. The summed E-state index contributed by atoms with van der Waals surface area (Å²) in [5, 5.41) is 16.5. The number of fused-ring (bicyclic) bond motifs is 1. The van der Waals surface area contributed by atoms with Crippen LogP contribution in [0.5, 0.6) is 0 Å². The molecule has 0 saturated heterocycles. The molecular weight excluding hydrogens is 344 g/mol. The van der Waals surface area contributed by atoms with Gasteiger partial charge in [0.1, 0.15) is 5.52 Å². The first-order chi connectivity index (χ1) is 13.0. The number of anilines is 2. The van der Waals surface area contributed by atoms with Crippen molar-refractivity contribution in [1.82, 2.24) is 20.3 Å². The Bertz CT molecular complexity index is 979. The second kappa shape index (κ2) is 7.86. The first-order valence-electron chi connectivity index (χ1n) is 8.78. The molecular formula is C19H22N6O2. The Hall–Kier alpha value is -3.42. The molecule has 3 aromatic rings. The number of nitrogens with one attached hydrogen (secondary N) is 3. The minimum atomic E-state index is -0.294. The monoisotopic (exact) mass is 366 g/mol. The predicted molar refractivity (Wildman–Crippen MR) is 105 cm³/mol. The number of benzene rings is 2. The van der Waals surface area contributed by atoms with Gasteiger partial charge in [-0.25, -0.2) is 9.48 Å². The zero-order valence-corrected chi connectivity index (χ0v) is 15.5. The molecule has 3 N–H and O–H groups in total. The lowest BCUT2D eigenvalue weighted by molar-refractivity contribution is 0.102. The number of aryl methyl sites for hydroxylation is 1. The highest BCUT2D eigenvalue weighted by molar-refractivity contribution is 6.06. The third-order valence-electron chi connectivity index (χ3n) is 3.87. The molecule has 0 radical (unpaired) electrons. The van der Waals surface area contributed by atoms with Crippen molar-refractivity contribution in [3.8, 4) is 0 Å². The molecule has 0 spiro atoms. The van der Waals surface area contributed by atoms with Gasteiger partial charge < -0.3 is 16.0 Å². The van der Waals surface area contributed by atoms with Crippen molar-refractivity contribution in [2.24, 2.45) is 0 Å². The maximum Gasteiger partial charge on any atom is 0.319 e. The molecule has 0 unspecified atom stereocenters. The first-order valence-corrected chi connectivity index (χ1v) is 8.78. The summed E-state index contributed by atoms with van der Waals surface area (Å²) in [5.41, 5.74) is 3.22. The summed E-state index contributed by atoms with van der Waals surface area (Å²) in [6.07, 6.45) is 0. The van der Waals surface area contributed by atoms with Crippen LogP contribution in [-0.2, 0) is 6.54 Å². The third kappa shape index (κ3) is 4.41. The Morgan fingerprint density at radius 2 is 1.81 bits per heavy atom. The van der Waals surface area contributed by atoms with Gasteiger partial charge in [-0.05, 0) is 57.2 Å². The molecule has 0 aliphatic carbocycles. The zero-order valence-electron chi connectivity index (χ0n) is 15.5. The summed E-state index contributed by atoms with van der Waals surface area (Å²) in [5.74, 6) is -0.258. The van der Waals surface area contributed by atoms with Crippen LogP contribution >= 0.6 is 0 Å². The summed E-state index contributed by atoms with van der Waals surface area (Å²) in [6, 6.07) is 12.0. The molecule has 140 valence electrons. The summed E-state index contributed by atoms with van der Waals surface area (Å²) in [7, 11) is 0. The summed E-state index contributed by atoms with van der Waals surface area (Å²) in [4.78, 5) is 24.4. The van der Waals surface area contributed by atoms with E-state index in [1.165, 1.54) is 0 Å². The maximum atomic E-state index is 12.5. The van der Waals surface area contributed by atoms with E-state index in [0.717, 1.165) is 5.52 Å². The second-order valence-corrected chi connectivity index (χ2v) is 6.40. The van der Waals surface area contributed by atoms with Crippen molar-refractivity contribution in [2.45, 2.75) is 33.4 Å². The van der Waals surface area contributed by atoms with Crippen LogP contribution < -0.4 is 16.0 Å². The van der Waals surface area contributed by atoms with E-state index in [1.807, 2.05) is 26.8 Å². The van der Waals surface area contributed by atoms with E-state index in [2.05, 4.69) is 26.3 Å². The topological polar surface area (TPSA) is 101 Å². The molecule has 0 saturated carbocycles. The molecule has 0 aliphatic rings. The fourth-order valence-corrected chi connectivity index (χ4v) is 2.65. The molecule has 3 rings (SSSR count). The highest BCUT2D eigenvalue weighted by Gasteiger charge is 2.11. The number of aromatic nitrogens is 3. The Morgan fingerprint density at radius 1 is 1.07 bits per heavy atom. The van der Waals surface area contributed by atoms with Crippen molar-refractivity contribution in [3.63, 3.8) is 0 Å². The van der Waals surface area contributed by atoms with Crippen LogP contribution in [0.25, 0.3) is 11.0 Å². The van der Waals surface area contributed by atoms with E-state index in [4.69, 9.17) is 0 Å². The summed E-state index contributed by atoms with van der Waals surface area (Å²) in [6.45, 7) is 6.46. The average Bonchev–Trinajstić information content (AvgIpc) is 3.03. The van der Waals surface area contributed by atoms with Gasteiger partial charge in [0.25, 0.3) is 5.91 Å². The molecule has 1 aromatic heterocycles. The van der Waals surface area contributed by atoms with Crippen molar-refractivity contribution < 1.29 is 9.59 Å². The van der Waals surface area contributed by atoms with E-state index in [-0.39, 0.29) is 18.0 Å². The number of nitrogens with zero attached hydrogens (tertiary/aromatic N) is 3. The van der Waals surface area contributed by atoms with Gasteiger partial charge in [0.15, 0.2) is 0 Å². The highest BCUT2D eigenvalue weighted by Crippen LogP contribution is 2.18. The van der Waals surface area contributed by atoms with Crippen LogP contribution in [-0.4, -0.2) is 33.0 Å². The molecule has 1 heterocycles. The summed E-state index contributed by atoms with van der Waals surface area (Å²) >= 11 is 0. The number of hydrogen-bond donors (Lipinski definition) is 3. The molecule has 8 nitrogen and oxygen atoms in total. The molecule has 2 aromatic carbocycles. The van der Waals surface area contributed by atoms with Gasteiger partial charge in [0.05, 0.1) is 5.52 Å². The van der Waals surface area contributed by atoms with Crippen molar-refractivity contribution in [3.05, 3.63) is 48.0 Å². The van der Waals surface area contributed by atoms with Gasteiger partial charge in [-0.2, -0.15) is 0 Å². The Labute approximate surface area is 156 Å². The van der Waals surface area contributed by atoms with Gasteiger partial charge >= 0.3 is 6.03 Å². The third-order valence-corrected chi connectivity index (χ3v) is 3.87. The lowest BCUT2D eigenvalue weighted by Crippen LogP contribution is -2.34. The van der Waals surface area contributed by atoms with Crippen molar-refractivity contribution >= 4 is 34.3 Å². The normalized spacial score (nSPS) is 10.8. The lowest BCUT2D eigenvalue weighted by atomic mass is 10.1. The number of carbonyl (C=O) groups excluding carboxylic acids is 2. The standard InChI is InChI=1S/C19H22N6O2/c1-4-25-17-9-8-13(10-16(17)23-24-25)18(26)21-14-6-5-7-15(11-14)22-19(27)20-12(2)3/h5-12H,4H2,1-3H3,(H,21,26)(H2,20,22,27). The highest BCUT2D eigenvalue weighted by atomic mass is 16.2. The number of urea groups is 1. The van der Waals surface area contributed by atoms with E-state index < -0.39 is 0 Å². The molecule has 8 heteroatoms. The fourth-order valence-electron chi connectivity index (χ4n) is 2.65. The molecule has 3 amide bonds. The second-order valence-electron chi connectivity index (χ2n) is 6.40. The largest absolute Gasteiger partial charge is 0.336 e. The Balaban J connectivity index is 1.72. The predicted octanol–water partition coefficient (Wildman–Crippen LogP) is 3.23. The molecule has 27 heavy (non-hydrogen) atoms. The average molecular weight is 366 g/mol. The van der Waals surface area contributed by atoms with Gasteiger partial charge in [-0.1, -0.05) is 11.3 Å². The Morgan fingerprint density at radius 3 is 2.52 bits per heavy atom. The summed E-state index contributed by atoms with van der Waals surface area (Å²) < 4.78 is 1.77. The maximum absolute atomic E-state index is 12.5. The zero-order chi connectivity index (χ0) is 19.4. The SMILES string of the molecule is CCn1nnc2cc(C(=O)Nc3cccc(NC(=O)NC(C)C)c3)ccc21. The minimum Gasteiger partial charge on any atom is -0.336 e. The van der Waals surface area contributed by atoms with Crippen LogP contribution in [0.2, 0.25) is 0 Å². The number of amides is 3. The quantitative estimate of drug-likeness (QED) is 0.645. The molecule has 0 atom stereocenters. The van der Waals surface area contributed by atoms with Crippen LogP contribution in [0.15, 0.2) is 42.5 Å². The minimum absolute atomic E-state index is 0.0356. The van der Waals surface area contributed by atoms with E-state index in [0.29, 0.717) is 29.0 Å². The molecule has 0 bridgehead atoms. The number of rotatable bonds is 5. The van der Waals surface area contributed by atoms with Crippen LogP contribution in [0.3, 0.4) is 0 Å². The van der Waals surface area contributed by atoms with E-state index >= 15 is 0 Å². The van der Waals surface area contributed by atoms with Crippen molar-refractivity contribution in [1.29, 1.82) is 0 Å². The van der Waals surface area contributed by atoms with Gasteiger partial charge in [-0.15, -0.1) is 5.10 Å². The van der Waals surface area contributed by atoms with Crippen molar-refractivity contribution in [2.75, 3.05) is 10.6 Å². The molecule has 0 fully saturated rings. The van der Waals surface area contributed by atoms with Crippen LogP contribution in [0.4, 0.5) is 16.2 Å². The van der Waals surface area contributed by atoms with E-state index in [9.17, 15) is 9.59 Å². The van der Waals surface area contributed by atoms with Gasteiger partial charge in [-0.3, -0.25) is 4.79 Å². The van der Waals surface area contributed by atoms with Crippen LogP contribution in [0.1, 0.15) is 31.1 Å². The fraction of sp³-hybridized carbons (Fsp3) is 0.263. The first kappa shape index (κ1) is 18.4. The number of hydrogen-bond acceptors (Lipinski definition) is 4. The van der Waals surface area contributed by atoms with Gasteiger partial charge in [0, 0.05) is 29.5 Å². The lowest BCUT2D eigenvalue weighted by Gasteiger charge is -2.11.